The van der Waals surface area contributed by atoms with Crippen molar-refractivity contribution in [1.29, 1.82) is 0 Å². The number of nitrogens with zero attached hydrogens (tertiary/aromatic N) is 2. The van der Waals surface area contributed by atoms with E-state index in [4.69, 9.17) is 0 Å². The Hall–Kier alpha value is -0.420. The van der Waals surface area contributed by atoms with E-state index in [-0.39, 0.29) is 0 Å². The first-order chi connectivity index (χ1) is 10.1. The minimum absolute atomic E-state index is 0.657. The van der Waals surface area contributed by atoms with Crippen LogP contribution in [0.1, 0.15) is 41.5 Å². The number of likely N-dealkylation sites (N-methyl/N-ethyl adjacent to an activating group) is 1. The second-order valence-corrected chi connectivity index (χ2v) is 8.23. The Bertz CT molecular complexity index is 467. The van der Waals surface area contributed by atoms with Crippen LogP contribution in [0.25, 0.3) is 0 Å². The zero-order chi connectivity index (χ0) is 14.8. The van der Waals surface area contributed by atoms with E-state index in [1.54, 1.807) is 5.56 Å². The molecule has 1 atom stereocenters. The summed E-state index contributed by atoms with van der Waals surface area (Å²) >= 11 is 1.98. The maximum absolute atomic E-state index is 3.63. The third-order valence-corrected chi connectivity index (χ3v) is 5.86. The third-order valence-electron chi connectivity index (χ3n) is 4.77. The Labute approximate surface area is 133 Å². The molecule has 0 spiro atoms. The van der Waals surface area contributed by atoms with Gasteiger partial charge in [0.25, 0.3) is 0 Å². The van der Waals surface area contributed by atoms with Crippen LogP contribution in [-0.4, -0.2) is 48.6 Å². The highest BCUT2D eigenvalue weighted by Gasteiger charge is 2.22. The Kier molecular flexibility index (Phi) is 4.99. The van der Waals surface area contributed by atoms with Gasteiger partial charge in [0, 0.05) is 48.0 Å². The summed E-state index contributed by atoms with van der Waals surface area (Å²) in [6.07, 6.45) is 4.03. The maximum Gasteiger partial charge on any atom is 0.0302 e. The average Bonchev–Trinajstić information content (AvgIpc) is 3.21. The van der Waals surface area contributed by atoms with Crippen LogP contribution in [0.4, 0.5) is 0 Å². The van der Waals surface area contributed by atoms with Crippen LogP contribution >= 0.6 is 11.3 Å². The van der Waals surface area contributed by atoms with Crippen molar-refractivity contribution in [3.63, 3.8) is 0 Å². The molecule has 21 heavy (non-hydrogen) atoms. The Morgan fingerprint density at radius 3 is 2.90 bits per heavy atom. The zero-order valence-electron chi connectivity index (χ0n) is 13.7. The molecule has 1 aliphatic carbocycles. The summed E-state index contributed by atoms with van der Waals surface area (Å²) in [5.74, 6) is 0. The fourth-order valence-electron chi connectivity index (χ4n) is 3.24. The minimum atomic E-state index is 0.657. The molecular weight excluding hydrogens is 278 g/mol. The summed E-state index contributed by atoms with van der Waals surface area (Å²) in [7, 11) is 2.25. The second kappa shape index (κ2) is 6.78. The van der Waals surface area contributed by atoms with Crippen LogP contribution < -0.4 is 5.32 Å². The lowest BCUT2D eigenvalue weighted by molar-refractivity contribution is 0.194. The van der Waals surface area contributed by atoms with Crippen molar-refractivity contribution in [2.45, 2.75) is 58.3 Å². The lowest BCUT2D eigenvalue weighted by atomic mass is 10.2. The highest BCUT2D eigenvalue weighted by atomic mass is 32.1. The van der Waals surface area contributed by atoms with E-state index in [0.717, 1.165) is 19.1 Å². The number of rotatable bonds is 5. The van der Waals surface area contributed by atoms with E-state index in [1.165, 1.54) is 48.7 Å². The van der Waals surface area contributed by atoms with Crippen molar-refractivity contribution in [3.05, 3.63) is 21.4 Å². The lowest BCUT2D eigenvalue weighted by Gasteiger charge is -2.27. The summed E-state index contributed by atoms with van der Waals surface area (Å²) < 4.78 is 0. The van der Waals surface area contributed by atoms with Crippen molar-refractivity contribution in [2.75, 3.05) is 26.7 Å². The fraction of sp³-hybridized carbons (Fsp3) is 0.765. The van der Waals surface area contributed by atoms with Crippen LogP contribution in [0.2, 0.25) is 0 Å². The first-order valence-corrected chi connectivity index (χ1v) is 9.17. The molecule has 0 aromatic carbocycles. The van der Waals surface area contributed by atoms with Gasteiger partial charge in [0.1, 0.15) is 0 Å². The monoisotopic (exact) mass is 307 g/mol. The topological polar surface area (TPSA) is 18.5 Å². The average molecular weight is 308 g/mol. The molecule has 0 radical (unpaired) electrons. The lowest BCUT2D eigenvalue weighted by Crippen LogP contribution is -2.37. The van der Waals surface area contributed by atoms with E-state index in [1.807, 2.05) is 11.3 Å². The van der Waals surface area contributed by atoms with Crippen LogP contribution in [0.5, 0.6) is 0 Å². The normalized spacial score (nSPS) is 25.2. The fourth-order valence-corrected chi connectivity index (χ4v) is 4.24. The van der Waals surface area contributed by atoms with Gasteiger partial charge in [-0.1, -0.05) is 0 Å². The smallest absolute Gasteiger partial charge is 0.0302 e. The van der Waals surface area contributed by atoms with Crippen LogP contribution in [0, 0.1) is 6.92 Å². The molecule has 0 amide bonds. The van der Waals surface area contributed by atoms with Gasteiger partial charge in [-0.3, -0.25) is 4.90 Å². The molecule has 4 heteroatoms. The first-order valence-electron chi connectivity index (χ1n) is 8.36. The quantitative estimate of drug-likeness (QED) is 0.902. The van der Waals surface area contributed by atoms with Crippen LogP contribution in [-0.2, 0) is 13.1 Å². The molecule has 1 aromatic rings. The highest BCUT2D eigenvalue weighted by molar-refractivity contribution is 7.12. The molecule has 2 fully saturated rings. The van der Waals surface area contributed by atoms with Gasteiger partial charge in [-0.05, 0) is 58.3 Å². The number of aryl methyl sites for hydroxylation is 1. The summed E-state index contributed by atoms with van der Waals surface area (Å²) in [4.78, 5) is 8.15. The number of hydrogen-bond acceptors (Lipinski definition) is 4. The van der Waals surface area contributed by atoms with Crippen molar-refractivity contribution >= 4 is 11.3 Å². The Morgan fingerprint density at radius 2 is 2.14 bits per heavy atom. The molecule has 1 saturated carbocycles. The van der Waals surface area contributed by atoms with Gasteiger partial charge in [0.15, 0.2) is 0 Å². The second-order valence-electron chi connectivity index (χ2n) is 6.88. The molecule has 2 aliphatic rings. The molecule has 1 saturated heterocycles. The van der Waals surface area contributed by atoms with Crippen LogP contribution in [0.3, 0.4) is 0 Å². The SMILES string of the molecule is Cc1sc(CNC2CC2)cc1CN1CCCN(C)CC1C. The Morgan fingerprint density at radius 1 is 1.33 bits per heavy atom. The molecular formula is C17H29N3S. The van der Waals surface area contributed by atoms with Gasteiger partial charge in [-0.2, -0.15) is 0 Å². The van der Waals surface area contributed by atoms with Crippen molar-refractivity contribution in [3.8, 4) is 0 Å². The largest absolute Gasteiger partial charge is 0.309 e. The summed E-state index contributed by atoms with van der Waals surface area (Å²) in [5.41, 5.74) is 1.55. The molecule has 0 bridgehead atoms. The number of hydrogen-bond donors (Lipinski definition) is 1. The predicted octanol–water partition coefficient (Wildman–Crippen LogP) is 2.83. The van der Waals surface area contributed by atoms with E-state index < -0.39 is 0 Å². The van der Waals surface area contributed by atoms with Crippen molar-refractivity contribution in [1.82, 2.24) is 15.1 Å². The van der Waals surface area contributed by atoms with E-state index in [0.29, 0.717) is 6.04 Å². The minimum Gasteiger partial charge on any atom is -0.309 e. The van der Waals surface area contributed by atoms with Crippen molar-refractivity contribution < 1.29 is 0 Å². The van der Waals surface area contributed by atoms with Gasteiger partial charge in [-0.25, -0.2) is 0 Å². The molecule has 1 N–H and O–H groups in total. The van der Waals surface area contributed by atoms with E-state index in [2.05, 4.69) is 42.1 Å². The van der Waals surface area contributed by atoms with Gasteiger partial charge in [0.2, 0.25) is 0 Å². The first kappa shape index (κ1) is 15.5. The van der Waals surface area contributed by atoms with E-state index in [9.17, 15) is 0 Å². The number of nitrogens with one attached hydrogen (secondary N) is 1. The molecule has 3 nitrogen and oxygen atoms in total. The molecule has 1 aliphatic heterocycles. The molecule has 118 valence electrons. The van der Waals surface area contributed by atoms with E-state index >= 15 is 0 Å². The summed E-state index contributed by atoms with van der Waals surface area (Å²) in [5, 5.41) is 3.63. The predicted molar refractivity (Wildman–Crippen MR) is 90.9 cm³/mol. The van der Waals surface area contributed by atoms with Gasteiger partial charge < -0.3 is 10.2 Å². The standard InChI is InChI=1S/C17H29N3S/c1-13-11-19(3)7-4-8-20(13)12-15-9-17(21-14(15)2)10-18-16-5-6-16/h9,13,16,18H,4-8,10-12H2,1-3H3. The molecule has 1 unspecified atom stereocenters. The molecule has 2 heterocycles. The van der Waals surface area contributed by atoms with Gasteiger partial charge in [-0.15, -0.1) is 11.3 Å². The zero-order valence-corrected chi connectivity index (χ0v) is 14.5. The highest BCUT2D eigenvalue weighted by Crippen LogP contribution is 2.26. The summed E-state index contributed by atoms with van der Waals surface area (Å²) in [6.45, 7) is 10.5. The third kappa shape index (κ3) is 4.28. The maximum atomic E-state index is 3.63. The molecule has 3 rings (SSSR count). The van der Waals surface area contributed by atoms with Crippen LogP contribution in [0.15, 0.2) is 6.07 Å². The molecule has 1 aromatic heterocycles. The number of thiophene rings is 1. The van der Waals surface area contributed by atoms with Gasteiger partial charge >= 0.3 is 0 Å². The van der Waals surface area contributed by atoms with Gasteiger partial charge in [0.05, 0.1) is 0 Å². The Balaban J connectivity index is 1.60. The van der Waals surface area contributed by atoms with Crippen molar-refractivity contribution in [2.24, 2.45) is 0 Å². The summed E-state index contributed by atoms with van der Waals surface area (Å²) in [6, 6.07) is 3.90.